The molecule has 1 aromatic rings. The molecule has 7 heteroatoms. The Balaban J connectivity index is 1.94. The van der Waals surface area contributed by atoms with Gasteiger partial charge in [-0.2, -0.15) is 17.0 Å². The summed E-state index contributed by atoms with van der Waals surface area (Å²) in [4.78, 5) is 0. The van der Waals surface area contributed by atoms with Crippen molar-refractivity contribution in [3.63, 3.8) is 0 Å². The molecule has 0 atom stereocenters. The van der Waals surface area contributed by atoms with E-state index in [9.17, 15) is 12.8 Å². The Labute approximate surface area is 119 Å². The second kappa shape index (κ2) is 6.07. The molecule has 1 N–H and O–H groups in total. The maximum absolute atomic E-state index is 13.5. The van der Waals surface area contributed by atoms with E-state index in [1.54, 1.807) is 18.2 Å². The molecule has 0 saturated carbocycles. The molecule has 1 aromatic carbocycles. The van der Waals surface area contributed by atoms with Crippen LogP contribution in [0.5, 0.6) is 0 Å². The Hall–Kier alpha value is -1.18. The fourth-order valence-electron chi connectivity index (χ4n) is 2.26. The third-order valence-electron chi connectivity index (χ3n) is 3.48. The fourth-order valence-corrected chi connectivity index (χ4v) is 3.39. The second-order valence-corrected chi connectivity index (χ2v) is 7.23. The van der Waals surface area contributed by atoms with Gasteiger partial charge in [-0.05, 0) is 25.0 Å². The SMILES string of the molecule is CN(C)S(=O)(=O)N1CCC(Nc2ccccc2F)CC1. The summed E-state index contributed by atoms with van der Waals surface area (Å²) in [5.41, 5.74) is 0.474. The van der Waals surface area contributed by atoms with E-state index < -0.39 is 10.2 Å². The van der Waals surface area contributed by atoms with Gasteiger partial charge in [-0.15, -0.1) is 0 Å². The van der Waals surface area contributed by atoms with E-state index >= 15 is 0 Å². The molecule has 112 valence electrons. The highest BCUT2D eigenvalue weighted by atomic mass is 32.2. The third kappa shape index (κ3) is 3.28. The summed E-state index contributed by atoms with van der Waals surface area (Å²) in [6.07, 6.45) is 1.34. The number of nitrogens with one attached hydrogen (secondary N) is 1. The maximum atomic E-state index is 13.5. The normalized spacial score (nSPS) is 18.4. The van der Waals surface area contributed by atoms with E-state index in [-0.39, 0.29) is 11.9 Å². The van der Waals surface area contributed by atoms with Crippen LogP contribution in [0.3, 0.4) is 0 Å². The number of anilines is 1. The van der Waals surface area contributed by atoms with Crippen LogP contribution in [0.1, 0.15) is 12.8 Å². The van der Waals surface area contributed by atoms with Gasteiger partial charge in [-0.3, -0.25) is 0 Å². The molecule has 0 spiro atoms. The lowest BCUT2D eigenvalue weighted by molar-refractivity contribution is 0.310. The number of para-hydroxylation sites is 1. The zero-order valence-corrected chi connectivity index (χ0v) is 12.5. The number of hydrogen-bond acceptors (Lipinski definition) is 3. The average molecular weight is 301 g/mol. The fraction of sp³-hybridized carbons (Fsp3) is 0.538. The minimum absolute atomic E-state index is 0.0977. The number of piperidine rings is 1. The van der Waals surface area contributed by atoms with Crippen LogP contribution in [0.4, 0.5) is 10.1 Å². The summed E-state index contributed by atoms with van der Waals surface area (Å²) in [6.45, 7) is 0.902. The molecule has 0 bridgehead atoms. The van der Waals surface area contributed by atoms with Gasteiger partial charge in [0.1, 0.15) is 5.82 Å². The van der Waals surface area contributed by atoms with Gasteiger partial charge in [0.2, 0.25) is 0 Å². The lowest BCUT2D eigenvalue weighted by Crippen LogP contribution is -2.46. The van der Waals surface area contributed by atoms with Gasteiger partial charge in [0.15, 0.2) is 0 Å². The topological polar surface area (TPSA) is 52.7 Å². The van der Waals surface area contributed by atoms with Crippen molar-refractivity contribution in [3.8, 4) is 0 Å². The van der Waals surface area contributed by atoms with E-state index in [1.165, 1.54) is 28.8 Å². The van der Waals surface area contributed by atoms with Crippen LogP contribution >= 0.6 is 0 Å². The molecule has 0 aromatic heterocycles. The lowest BCUT2D eigenvalue weighted by atomic mass is 10.1. The molecule has 1 aliphatic rings. The van der Waals surface area contributed by atoms with E-state index in [0.717, 1.165) is 0 Å². The van der Waals surface area contributed by atoms with Crippen molar-refractivity contribution >= 4 is 15.9 Å². The minimum atomic E-state index is -3.34. The monoisotopic (exact) mass is 301 g/mol. The summed E-state index contributed by atoms with van der Waals surface area (Å²) in [6, 6.07) is 6.62. The van der Waals surface area contributed by atoms with Gasteiger partial charge in [-0.25, -0.2) is 4.39 Å². The highest BCUT2D eigenvalue weighted by Gasteiger charge is 2.29. The molecule has 5 nitrogen and oxygen atoms in total. The average Bonchev–Trinajstić information content (AvgIpc) is 2.42. The predicted molar refractivity (Wildman–Crippen MR) is 77.2 cm³/mol. The zero-order valence-electron chi connectivity index (χ0n) is 11.7. The van der Waals surface area contributed by atoms with Crippen LogP contribution in [0.2, 0.25) is 0 Å². The Bertz CT molecular complexity index is 554. The molecule has 0 amide bonds. The number of benzene rings is 1. The quantitative estimate of drug-likeness (QED) is 0.917. The van der Waals surface area contributed by atoms with Gasteiger partial charge >= 0.3 is 0 Å². The second-order valence-electron chi connectivity index (χ2n) is 5.09. The van der Waals surface area contributed by atoms with Crippen molar-refractivity contribution in [2.24, 2.45) is 0 Å². The van der Waals surface area contributed by atoms with E-state index in [0.29, 0.717) is 31.6 Å². The number of hydrogen-bond donors (Lipinski definition) is 1. The first-order valence-corrected chi connectivity index (χ1v) is 7.99. The van der Waals surface area contributed by atoms with Gasteiger partial charge in [0.25, 0.3) is 10.2 Å². The van der Waals surface area contributed by atoms with E-state index in [1.807, 2.05) is 0 Å². The van der Waals surface area contributed by atoms with Crippen molar-refractivity contribution in [1.29, 1.82) is 0 Å². The molecular formula is C13H20FN3O2S. The number of rotatable bonds is 4. The molecule has 0 radical (unpaired) electrons. The summed E-state index contributed by atoms with van der Waals surface area (Å²) in [5, 5.41) is 3.14. The third-order valence-corrected chi connectivity index (χ3v) is 5.42. The van der Waals surface area contributed by atoms with E-state index in [4.69, 9.17) is 0 Å². The van der Waals surface area contributed by atoms with Crippen LogP contribution in [0.15, 0.2) is 24.3 Å². The summed E-state index contributed by atoms with van der Waals surface area (Å²) < 4.78 is 40.2. The van der Waals surface area contributed by atoms with Crippen molar-refractivity contribution in [2.75, 3.05) is 32.5 Å². The summed E-state index contributed by atoms with van der Waals surface area (Å²) in [7, 11) is -0.286. The van der Waals surface area contributed by atoms with Crippen molar-refractivity contribution < 1.29 is 12.8 Å². The molecular weight excluding hydrogens is 281 g/mol. The molecule has 1 heterocycles. The molecule has 0 unspecified atom stereocenters. The first-order chi connectivity index (χ1) is 9.41. The lowest BCUT2D eigenvalue weighted by Gasteiger charge is -2.33. The molecule has 0 aliphatic carbocycles. The molecule has 1 fully saturated rings. The highest BCUT2D eigenvalue weighted by Crippen LogP contribution is 2.21. The largest absolute Gasteiger partial charge is 0.380 e. The Morgan fingerprint density at radius 2 is 1.85 bits per heavy atom. The van der Waals surface area contributed by atoms with Crippen LogP contribution in [-0.4, -0.2) is 50.3 Å². The Morgan fingerprint density at radius 1 is 1.25 bits per heavy atom. The van der Waals surface area contributed by atoms with E-state index in [2.05, 4.69) is 5.32 Å². The highest BCUT2D eigenvalue weighted by molar-refractivity contribution is 7.86. The van der Waals surface area contributed by atoms with Gasteiger partial charge in [-0.1, -0.05) is 12.1 Å². The standard InChI is InChI=1S/C13H20FN3O2S/c1-16(2)20(18,19)17-9-7-11(8-10-17)15-13-6-4-3-5-12(13)14/h3-6,11,15H,7-10H2,1-2H3. The first kappa shape index (κ1) is 15.2. The Morgan fingerprint density at radius 3 is 2.40 bits per heavy atom. The summed E-state index contributed by atoms with van der Waals surface area (Å²) >= 11 is 0. The summed E-state index contributed by atoms with van der Waals surface area (Å²) in [5.74, 6) is -0.282. The molecule has 1 aliphatic heterocycles. The van der Waals surface area contributed by atoms with Gasteiger partial charge < -0.3 is 5.32 Å². The molecule has 20 heavy (non-hydrogen) atoms. The zero-order chi connectivity index (χ0) is 14.8. The number of halogens is 1. The minimum Gasteiger partial charge on any atom is -0.380 e. The number of nitrogens with zero attached hydrogens (tertiary/aromatic N) is 2. The van der Waals surface area contributed by atoms with Crippen molar-refractivity contribution in [3.05, 3.63) is 30.1 Å². The smallest absolute Gasteiger partial charge is 0.281 e. The van der Waals surface area contributed by atoms with Crippen molar-refractivity contribution in [1.82, 2.24) is 8.61 Å². The van der Waals surface area contributed by atoms with Crippen LogP contribution in [-0.2, 0) is 10.2 Å². The van der Waals surface area contributed by atoms with Crippen molar-refractivity contribution in [2.45, 2.75) is 18.9 Å². The van der Waals surface area contributed by atoms with Crippen LogP contribution in [0.25, 0.3) is 0 Å². The molecule has 2 rings (SSSR count). The van der Waals surface area contributed by atoms with Crippen LogP contribution in [0, 0.1) is 5.82 Å². The predicted octanol–water partition coefficient (Wildman–Crippen LogP) is 1.51. The maximum Gasteiger partial charge on any atom is 0.281 e. The molecule has 1 saturated heterocycles. The van der Waals surface area contributed by atoms with Gasteiger partial charge in [0, 0.05) is 33.2 Å². The Kier molecular flexibility index (Phi) is 4.62. The van der Waals surface area contributed by atoms with Crippen LogP contribution < -0.4 is 5.32 Å². The van der Waals surface area contributed by atoms with Gasteiger partial charge in [0.05, 0.1) is 5.69 Å². The first-order valence-electron chi connectivity index (χ1n) is 6.60.